The first-order valence-corrected chi connectivity index (χ1v) is 10.7. The molecule has 0 aliphatic rings. The fourth-order valence-corrected chi connectivity index (χ4v) is 4.15. The minimum atomic E-state index is -0.184. The van der Waals surface area contributed by atoms with E-state index in [2.05, 4.69) is 20.3 Å². The number of benzene rings is 1. The predicted molar refractivity (Wildman–Crippen MR) is 128 cm³/mol. The summed E-state index contributed by atoms with van der Waals surface area (Å²) in [6, 6.07) is 10.9. The molecule has 32 heavy (non-hydrogen) atoms. The molecule has 0 unspecified atom stereocenters. The Balaban J connectivity index is 1.51. The number of halogens is 2. The molecule has 3 N–H and O–H groups in total. The number of rotatable bonds is 5. The number of anilines is 1. The number of nitrogens with zero attached hydrogens (tertiary/aromatic N) is 3. The van der Waals surface area contributed by atoms with E-state index in [1.807, 2.05) is 32.0 Å². The number of nitrogens with two attached hydrogens (primary N) is 1. The maximum atomic E-state index is 12.8. The molecule has 162 valence electrons. The number of fused-ring (bicyclic) bond motifs is 1. The molecule has 6 nitrogen and oxygen atoms in total. The third kappa shape index (κ3) is 4.82. The van der Waals surface area contributed by atoms with Crippen molar-refractivity contribution in [3.8, 4) is 0 Å². The average molecular weight is 466 g/mol. The summed E-state index contributed by atoms with van der Waals surface area (Å²) in [5.41, 5.74) is 11.5. The lowest BCUT2D eigenvalue weighted by atomic mass is 10.0. The van der Waals surface area contributed by atoms with Crippen LogP contribution in [-0.4, -0.2) is 20.9 Å². The zero-order chi connectivity index (χ0) is 22.8. The third-order valence-electron chi connectivity index (χ3n) is 5.23. The van der Waals surface area contributed by atoms with Gasteiger partial charge in [-0.25, -0.2) is 4.98 Å². The second kappa shape index (κ2) is 9.10. The largest absolute Gasteiger partial charge is 0.384 e. The first-order chi connectivity index (χ1) is 15.3. The Morgan fingerprint density at radius 1 is 1.09 bits per heavy atom. The summed E-state index contributed by atoms with van der Waals surface area (Å²) in [4.78, 5) is 25.7. The maximum Gasteiger partial charge on any atom is 0.251 e. The number of hydrogen-bond acceptors (Lipinski definition) is 5. The van der Waals surface area contributed by atoms with Crippen LogP contribution in [0.1, 0.15) is 38.4 Å². The first-order valence-electron chi connectivity index (χ1n) is 9.99. The zero-order valence-electron chi connectivity index (χ0n) is 17.6. The summed E-state index contributed by atoms with van der Waals surface area (Å²) in [5.74, 6) is 0.289. The molecule has 0 atom stereocenters. The summed E-state index contributed by atoms with van der Waals surface area (Å²) in [6.45, 7) is 4.21. The van der Waals surface area contributed by atoms with Crippen molar-refractivity contribution in [1.82, 2.24) is 20.3 Å². The lowest BCUT2D eigenvalue weighted by molar-refractivity contribution is 0.0950. The van der Waals surface area contributed by atoms with E-state index >= 15 is 0 Å². The van der Waals surface area contributed by atoms with Crippen molar-refractivity contribution < 1.29 is 4.79 Å². The van der Waals surface area contributed by atoms with E-state index in [-0.39, 0.29) is 5.91 Å². The highest BCUT2D eigenvalue weighted by Gasteiger charge is 2.12. The van der Waals surface area contributed by atoms with E-state index in [1.54, 1.807) is 30.6 Å². The molecule has 0 saturated heterocycles. The fourth-order valence-electron chi connectivity index (χ4n) is 3.69. The van der Waals surface area contributed by atoms with Crippen LogP contribution in [-0.2, 0) is 13.0 Å². The molecule has 0 radical (unpaired) electrons. The third-order valence-corrected chi connectivity index (χ3v) is 5.72. The van der Waals surface area contributed by atoms with E-state index in [1.165, 1.54) is 0 Å². The number of nitrogen functional groups attached to an aromatic ring is 1. The monoisotopic (exact) mass is 465 g/mol. The molecule has 0 spiro atoms. The number of amides is 1. The van der Waals surface area contributed by atoms with E-state index in [4.69, 9.17) is 28.9 Å². The van der Waals surface area contributed by atoms with Gasteiger partial charge < -0.3 is 11.1 Å². The van der Waals surface area contributed by atoms with Crippen LogP contribution >= 0.6 is 23.2 Å². The van der Waals surface area contributed by atoms with Gasteiger partial charge in [-0.15, -0.1) is 0 Å². The molecule has 8 heteroatoms. The maximum absolute atomic E-state index is 12.8. The Morgan fingerprint density at radius 3 is 2.69 bits per heavy atom. The Hall–Kier alpha value is -3.22. The van der Waals surface area contributed by atoms with Crippen LogP contribution in [0.25, 0.3) is 10.9 Å². The van der Waals surface area contributed by atoms with Crippen molar-refractivity contribution >= 4 is 45.8 Å². The molecular formula is C24H21Cl2N5O. The van der Waals surface area contributed by atoms with Crippen LogP contribution < -0.4 is 11.1 Å². The number of carbonyl (C=O) groups is 1. The van der Waals surface area contributed by atoms with Gasteiger partial charge in [-0.1, -0.05) is 23.2 Å². The topological polar surface area (TPSA) is 93.8 Å². The summed E-state index contributed by atoms with van der Waals surface area (Å²) in [6.07, 6.45) is 3.72. The number of hydrogen-bond donors (Lipinski definition) is 2. The molecule has 0 bridgehead atoms. The van der Waals surface area contributed by atoms with Gasteiger partial charge in [-0.05, 0) is 66.9 Å². The quantitative estimate of drug-likeness (QED) is 0.429. The molecule has 4 rings (SSSR count). The smallest absolute Gasteiger partial charge is 0.251 e. The van der Waals surface area contributed by atoms with Crippen molar-refractivity contribution in [2.75, 3.05) is 5.73 Å². The molecule has 1 aromatic carbocycles. The average Bonchev–Trinajstić information content (AvgIpc) is 2.72. The van der Waals surface area contributed by atoms with Gasteiger partial charge >= 0.3 is 0 Å². The molecule has 0 aliphatic heterocycles. The molecule has 0 saturated carbocycles. The second-order valence-corrected chi connectivity index (χ2v) is 8.47. The zero-order valence-corrected chi connectivity index (χ0v) is 19.1. The van der Waals surface area contributed by atoms with Gasteiger partial charge in [-0.2, -0.15) is 0 Å². The Kier molecular flexibility index (Phi) is 6.26. The number of pyridine rings is 3. The summed E-state index contributed by atoms with van der Waals surface area (Å²) < 4.78 is 0. The van der Waals surface area contributed by atoms with E-state index in [9.17, 15) is 4.79 Å². The number of carbonyl (C=O) groups excluding carboxylic acids is 1. The summed E-state index contributed by atoms with van der Waals surface area (Å²) in [5, 5.41) is 4.91. The predicted octanol–water partition coefficient (Wildman–Crippen LogP) is 5.05. The fraction of sp³-hybridized carbons (Fsp3) is 0.167. The van der Waals surface area contributed by atoms with Crippen LogP contribution in [0.15, 0.2) is 48.8 Å². The molecule has 1 amide bonds. The van der Waals surface area contributed by atoms with Crippen LogP contribution in [0.2, 0.25) is 10.0 Å². The number of aryl methyl sites for hydroxylation is 2. The van der Waals surface area contributed by atoms with Crippen molar-refractivity contribution in [2.45, 2.75) is 26.8 Å². The Morgan fingerprint density at radius 2 is 1.91 bits per heavy atom. The van der Waals surface area contributed by atoms with Gasteiger partial charge in [0.1, 0.15) is 5.82 Å². The number of nitrogens with one attached hydrogen (secondary N) is 1. The highest BCUT2D eigenvalue weighted by atomic mass is 35.5. The van der Waals surface area contributed by atoms with Crippen molar-refractivity contribution in [3.63, 3.8) is 0 Å². The lowest BCUT2D eigenvalue weighted by Crippen LogP contribution is -2.24. The van der Waals surface area contributed by atoms with Gasteiger partial charge in [0, 0.05) is 47.7 Å². The minimum absolute atomic E-state index is 0.184. The molecule has 0 fully saturated rings. The van der Waals surface area contributed by atoms with Gasteiger partial charge in [0.05, 0.1) is 15.6 Å². The molecule has 3 aromatic heterocycles. The van der Waals surface area contributed by atoms with Gasteiger partial charge in [0.2, 0.25) is 0 Å². The highest BCUT2D eigenvalue weighted by molar-refractivity contribution is 6.35. The first kappa shape index (κ1) is 22.0. The van der Waals surface area contributed by atoms with Crippen molar-refractivity contribution in [1.29, 1.82) is 0 Å². The Labute approximate surface area is 195 Å². The summed E-state index contributed by atoms with van der Waals surface area (Å²) >= 11 is 12.5. The van der Waals surface area contributed by atoms with Crippen molar-refractivity contribution in [2.24, 2.45) is 0 Å². The van der Waals surface area contributed by atoms with E-state index in [0.29, 0.717) is 39.9 Å². The van der Waals surface area contributed by atoms with E-state index < -0.39 is 0 Å². The van der Waals surface area contributed by atoms with Crippen LogP contribution in [0, 0.1) is 13.8 Å². The SMILES string of the molecule is Cc1cc(N)nc(C)c1CNC(=O)c1ccnc(Cc2cc(Cl)c3ncc(Cl)cc3c2)c1. The molecule has 0 aliphatic carbocycles. The lowest BCUT2D eigenvalue weighted by Gasteiger charge is -2.12. The van der Waals surface area contributed by atoms with Gasteiger partial charge in [-0.3, -0.25) is 14.8 Å². The highest BCUT2D eigenvalue weighted by Crippen LogP contribution is 2.27. The standard InChI is InChI=1S/C24H21Cl2N5O/c1-13-5-22(27)31-14(2)20(13)12-30-24(32)16-3-4-28-19(10-16)7-15-6-17-9-18(25)11-29-23(17)21(26)8-15/h3-6,8-11H,7,12H2,1-2H3,(H2,27,31)(H,30,32). The molecule has 4 aromatic rings. The summed E-state index contributed by atoms with van der Waals surface area (Å²) in [7, 11) is 0. The number of aromatic nitrogens is 3. The van der Waals surface area contributed by atoms with Gasteiger partial charge in [0.25, 0.3) is 5.91 Å². The Bertz CT molecular complexity index is 1320. The minimum Gasteiger partial charge on any atom is -0.384 e. The van der Waals surface area contributed by atoms with Crippen LogP contribution in [0.3, 0.4) is 0 Å². The van der Waals surface area contributed by atoms with Crippen LogP contribution in [0.5, 0.6) is 0 Å². The second-order valence-electron chi connectivity index (χ2n) is 7.63. The van der Waals surface area contributed by atoms with Crippen LogP contribution in [0.4, 0.5) is 5.82 Å². The van der Waals surface area contributed by atoms with Crippen molar-refractivity contribution in [3.05, 3.63) is 92.5 Å². The molecule has 3 heterocycles. The molecular weight excluding hydrogens is 445 g/mol. The van der Waals surface area contributed by atoms with Gasteiger partial charge in [0.15, 0.2) is 0 Å². The normalized spacial score (nSPS) is 11.0. The van der Waals surface area contributed by atoms with E-state index in [0.717, 1.165) is 33.5 Å².